The molecule has 0 bridgehead atoms. The van der Waals surface area contributed by atoms with E-state index in [1.807, 2.05) is 4.72 Å². The highest BCUT2D eigenvalue weighted by atomic mass is 32.2. The van der Waals surface area contributed by atoms with Gasteiger partial charge in [-0.25, -0.2) is 8.42 Å². The molecule has 1 atom stereocenters. The van der Waals surface area contributed by atoms with Crippen molar-refractivity contribution in [1.82, 2.24) is 20.7 Å². The maximum atomic E-state index is 12.2. The number of amides is 1. The number of hydrogen-bond donors (Lipinski definition) is 6. The number of guanidine groups is 1. The summed E-state index contributed by atoms with van der Waals surface area (Å²) in [5, 5.41) is 17.9. The highest BCUT2D eigenvalue weighted by Gasteiger charge is 2.24. The second-order valence-electron chi connectivity index (χ2n) is 6.57. The number of hydrogen-bond acceptors (Lipinski definition) is 9. The molecule has 1 heterocycles. The Morgan fingerprint density at radius 1 is 1.29 bits per heavy atom. The topological polar surface area (TPSA) is 158 Å². The number of aliphatic imine (C=N–C) groups is 1. The second-order valence-corrected chi connectivity index (χ2v) is 8.89. The van der Waals surface area contributed by atoms with Gasteiger partial charge in [0.05, 0.1) is 12.3 Å². The normalized spacial score (nSPS) is 14.7. The molecule has 0 saturated heterocycles. The average Bonchev–Trinajstić information content (AvgIpc) is 2.75. The van der Waals surface area contributed by atoms with Crippen LogP contribution in [0.15, 0.2) is 29.3 Å². The SMILES string of the molecule is O=C(NC[C@H](NS(=O)(=O)CCS)C(=O)O)c1ccc(OCCNC2=NCCCN2)cc1. The first-order valence-corrected chi connectivity index (χ1v) is 12.0. The van der Waals surface area contributed by atoms with Gasteiger partial charge in [0.1, 0.15) is 18.4 Å². The minimum absolute atomic E-state index is 0.0458. The van der Waals surface area contributed by atoms with Crippen molar-refractivity contribution in [1.29, 1.82) is 0 Å². The Kier molecular flexibility index (Phi) is 9.88. The minimum atomic E-state index is -3.80. The van der Waals surface area contributed by atoms with E-state index in [-0.39, 0.29) is 17.1 Å². The summed E-state index contributed by atoms with van der Waals surface area (Å²) in [5.41, 5.74) is 0.286. The fraction of sp³-hybridized carbons (Fsp3) is 0.500. The molecular weight excluding hydrogens is 446 g/mol. The molecule has 0 aromatic heterocycles. The monoisotopic (exact) mass is 473 g/mol. The molecule has 31 heavy (non-hydrogen) atoms. The predicted molar refractivity (Wildman–Crippen MR) is 119 cm³/mol. The van der Waals surface area contributed by atoms with E-state index in [1.54, 1.807) is 12.1 Å². The van der Waals surface area contributed by atoms with Crippen LogP contribution >= 0.6 is 12.6 Å². The van der Waals surface area contributed by atoms with Gasteiger partial charge in [-0.2, -0.15) is 17.4 Å². The summed E-state index contributed by atoms with van der Waals surface area (Å²) in [5.74, 6) is -0.877. The van der Waals surface area contributed by atoms with Crippen molar-refractivity contribution in [3.8, 4) is 5.75 Å². The molecule has 0 saturated carbocycles. The van der Waals surface area contributed by atoms with Crippen LogP contribution in [0.5, 0.6) is 5.75 Å². The lowest BCUT2D eigenvalue weighted by molar-refractivity contribution is -0.138. The molecule has 172 valence electrons. The molecular formula is C18H27N5O6S2. The summed E-state index contributed by atoms with van der Waals surface area (Å²) in [4.78, 5) is 27.8. The van der Waals surface area contributed by atoms with Crippen molar-refractivity contribution >= 4 is 40.5 Å². The molecule has 2 rings (SSSR count). The quantitative estimate of drug-likeness (QED) is 0.167. The zero-order chi connectivity index (χ0) is 22.7. The van der Waals surface area contributed by atoms with E-state index in [9.17, 15) is 23.1 Å². The number of carboxylic acids is 1. The third kappa shape index (κ3) is 9.02. The number of rotatable bonds is 12. The van der Waals surface area contributed by atoms with Crippen LogP contribution < -0.4 is 25.4 Å². The van der Waals surface area contributed by atoms with Crippen molar-refractivity contribution in [2.45, 2.75) is 12.5 Å². The van der Waals surface area contributed by atoms with Crippen molar-refractivity contribution in [2.75, 3.05) is 44.3 Å². The molecule has 1 aliphatic rings. The summed E-state index contributed by atoms with van der Waals surface area (Å²) in [6.07, 6.45) is 1.02. The minimum Gasteiger partial charge on any atom is -0.492 e. The van der Waals surface area contributed by atoms with E-state index in [0.29, 0.717) is 18.9 Å². The summed E-state index contributed by atoms with van der Waals surface area (Å²) in [6, 6.07) is 4.83. The van der Waals surface area contributed by atoms with Gasteiger partial charge >= 0.3 is 5.97 Å². The number of aliphatic carboxylic acids is 1. The lowest BCUT2D eigenvalue weighted by Crippen LogP contribution is -2.49. The molecule has 0 radical (unpaired) electrons. The highest BCUT2D eigenvalue weighted by molar-refractivity contribution is 7.90. The molecule has 5 N–H and O–H groups in total. The van der Waals surface area contributed by atoms with Crippen LogP contribution in [0.3, 0.4) is 0 Å². The largest absolute Gasteiger partial charge is 0.492 e. The molecule has 1 aliphatic heterocycles. The fourth-order valence-electron chi connectivity index (χ4n) is 2.56. The molecule has 1 aromatic rings. The number of sulfonamides is 1. The van der Waals surface area contributed by atoms with Crippen LogP contribution in [-0.2, 0) is 14.8 Å². The van der Waals surface area contributed by atoms with Gasteiger partial charge in [0, 0.05) is 31.0 Å². The summed E-state index contributed by atoms with van der Waals surface area (Å²) < 4.78 is 31.1. The Hall–Kier alpha value is -2.51. The second kappa shape index (κ2) is 12.4. The molecule has 0 spiro atoms. The number of carbonyl (C=O) groups is 2. The number of nitrogens with one attached hydrogen (secondary N) is 4. The Bertz CT molecular complexity index is 876. The van der Waals surface area contributed by atoms with Crippen molar-refractivity contribution in [2.24, 2.45) is 4.99 Å². The molecule has 0 unspecified atom stereocenters. The number of carboxylic acid groups (broad SMARTS) is 1. The van der Waals surface area contributed by atoms with E-state index in [1.165, 1.54) is 12.1 Å². The lowest BCUT2D eigenvalue weighted by Gasteiger charge is -2.16. The molecule has 13 heteroatoms. The van der Waals surface area contributed by atoms with Gasteiger partial charge in [0.2, 0.25) is 10.0 Å². The van der Waals surface area contributed by atoms with Crippen LogP contribution in [0.1, 0.15) is 16.8 Å². The number of thiol groups is 1. The summed E-state index contributed by atoms with van der Waals surface area (Å²) in [7, 11) is -3.80. The van der Waals surface area contributed by atoms with Crippen LogP contribution in [0.25, 0.3) is 0 Å². The van der Waals surface area contributed by atoms with Crippen molar-refractivity contribution in [3.05, 3.63) is 29.8 Å². The van der Waals surface area contributed by atoms with E-state index in [2.05, 4.69) is 33.6 Å². The molecule has 0 aliphatic carbocycles. The smallest absolute Gasteiger partial charge is 0.323 e. The average molecular weight is 474 g/mol. The first kappa shape index (κ1) is 24.8. The number of carbonyl (C=O) groups excluding carboxylic acids is 1. The zero-order valence-corrected chi connectivity index (χ0v) is 18.5. The number of ether oxygens (including phenoxy) is 1. The van der Waals surface area contributed by atoms with E-state index in [0.717, 1.165) is 25.5 Å². The highest BCUT2D eigenvalue weighted by Crippen LogP contribution is 2.12. The van der Waals surface area contributed by atoms with E-state index >= 15 is 0 Å². The van der Waals surface area contributed by atoms with E-state index in [4.69, 9.17) is 4.74 Å². The van der Waals surface area contributed by atoms with Crippen molar-refractivity contribution in [3.63, 3.8) is 0 Å². The Labute approximate surface area is 186 Å². The third-order valence-electron chi connectivity index (χ3n) is 4.12. The summed E-state index contributed by atoms with van der Waals surface area (Å²) in [6.45, 7) is 2.26. The predicted octanol–water partition coefficient (Wildman–Crippen LogP) is -0.963. The van der Waals surface area contributed by atoms with Crippen LogP contribution in [0, 0.1) is 0 Å². The third-order valence-corrected chi connectivity index (χ3v) is 6.04. The maximum absolute atomic E-state index is 12.2. The molecule has 0 fully saturated rings. The van der Waals surface area contributed by atoms with Crippen LogP contribution in [0.2, 0.25) is 0 Å². The Morgan fingerprint density at radius 3 is 2.65 bits per heavy atom. The van der Waals surface area contributed by atoms with Gasteiger partial charge in [-0.15, -0.1) is 0 Å². The van der Waals surface area contributed by atoms with Gasteiger partial charge in [0.15, 0.2) is 5.96 Å². The zero-order valence-electron chi connectivity index (χ0n) is 16.8. The van der Waals surface area contributed by atoms with Gasteiger partial charge in [-0.1, -0.05) is 0 Å². The van der Waals surface area contributed by atoms with E-state index < -0.39 is 34.5 Å². The van der Waals surface area contributed by atoms with Gasteiger partial charge in [0.25, 0.3) is 5.91 Å². The Balaban J connectivity index is 1.78. The lowest BCUT2D eigenvalue weighted by atomic mass is 10.2. The standard InChI is InChI=1S/C18H27N5O6S2/c24-16(22-12-15(17(25)26)23-31(27,28)11-10-30)13-2-4-14(5-3-13)29-9-8-21-18-19-6-1-7-20-18/h2-5,15,23,30H,1,6-12H2,(H,22,24)(H,25,26)(H2,19,20,21)/t15-/m0/s1. The fourth-order valence-corrected chi connectivity index (χ4v) is 4.26. The van der Waals surface area contributed by atoms with Crippen LogP contribution in [-0.4, -0.2) is 81.7 Å². The summed E-state index contributed by atoms with van der Waals surface area (Å²) >= 11 is 3.82. The van der Waals surface area contributed by atoms with Crippen LogP contribution in [0.4, 0.5) is 0 Å². The van der Waals surface area contributed by atoms with Gasteiger partial charge in [-0.05, 0) is 30.7 Å². The first-order chi connectivity index (χ1) is 14.8. The maximum Gasteiger partial charge on any atom is 0.323 e. The number of nitrogens with zero attached hydrogens (tertiary/aromatic N) is 1. The van der Waals surface area contributed by atoms with Gasteiger partial charge < -0.3 is 25.8 Å². The molecule has 1 amide bonds. The number of benzene rings is 1. The van der Waals surface area contributed by atoms with Crippen molar-refractivity contribution < 1.29 is 27.9 Å². The molecule has 1 aromatic carbocycles. The molecule has 11 nitrogen and oxygen atoms in total. The van der Waals surface area contributed by atoms with Gasteiger partial charge in [-0.3, -0.25) is 14.6 Å². The first-order valence-electron chi connectivity index (χ1n) is 9.67. The Morgan fingerprint density at radius 2 is 2.03 bits per heavy atom.